The van der Waals surface area contributed by atoms with Gasteiger partial charge in [0.15, 0.2) is 0 Å². The minimum Gasteiger partial charge on any atom is -0.340 e. The fourth-order valence-corrected chi connectivity index (χ4v) is 6.84. The van der Waals surface area contributed by atoms with Gasteiger partial charge in [-0.05, 0) is 62.7 Å². The second kappa shape index (κ2) is 6.96. The third kappa shape index (κ3) is 2.38. The van der Waals surface area contributed by atoms with Crippen LogP contribution in [-0.2, 0) is 13.0 Å². The molecule has 0 N–H and O–H groups in total. The molecule has 1 aliphatic rings. The summed E-state index contributed by atoms with van der Waals surface area (Å²) in [5.41, 5.74) is 8.50. The topological polar surface area (TPSA) is 4.93 Å². The quantitative estimate of drug-likeness (QED) is 0.233. The van der Waals surface area contributed by atoms with E-state index in [4.69, 9.17) is 0 Å². The minimum absolute atomic E-state index is 0.996. The Hall–Kier alpha value is -4.10. The molecule has 0 unspecified atom stereocenters. The summed E-state index contributed by atoms with van der Waals surface area (Å²) in [5.74, 6) is 0. The second-order valence-electron chi connectivity index (χ2n) is 9.92. The van der Waals surface area contributed by atoms with E-state index < -0.39 is 0 Å². The Kier molecular flexibility index (Phi) is 3.82. The molecule has 0 atom stereocenters. The van der Waals surface area contributed by atoms with Crippen LogP contribution in [0.15, 0.2) is 97.1 Å². The Morgan fingerprint density at radius 1 is 0.600 bits per heavy atom. The molecule has 1 heterocycles. The SMILES string of the molecule is CCCn1c2ccccc2c2c3c4ccccc4c4c(c3c3ccccc3c21)Cc1ccccc1-4. The zero-order chi connectivity index (χ0) is 23.1. The van der Waals surface area contributed by atoms with Crippen molar-refractivity contribution in [3.8, 4) is 11.1 Å². The fourth-order valence-electron chi connectivity index (χ4n) is 6.84. The molecule has 1 nitrogen and oxygen atoms in total. The van der Waals surface area contributed by atoms with E-state index in [1.54, 1.807) is 0 Å². The third-order valence-electron chi connectivity index (χ3n) is 8.09. The zero-order valence-corrected chi connectivity index (χ0v) is 19.8. The predicted octanol–water partition coefficient (Wildman–Crippen LogP) is 9.24. The summed E-state index contributed by atoms with van der Waals surface area (Å²) in [6, 6.07) is 36.2. The van der Waals surface area contributed by atoms with Crippen LogP contribution in [0.1, 0.15) is 24.5 Å². The van der Waals surface area contributed by atoms with Crippen molar-refractivity contribution in [2.45, 2.75) is 26.3 Å². The Morgan fingerprint density at radius 3 is 2.03 bits per heavy atom. The summed E-state index contributed by atoms with van der Waals surface area (Å²) >= 11 is 0. The lowest BCUT2D eigenvalue weighted by molar-refractivity contribution is 0.725. The van der Waals surface area contributed by atoms with E-state index in [2.05, 4.69) is 109 Å². The van der Waals surface area contributed by atoms with E-state index in [0.717, 1.165) is 19.4 Å². The van der Waals surface area contributed by atoms with E-state index in [0.29, 0.717) is 0 Å². The first kappa shape index (κ1) is 19.2. The molecule has 35 heavy (non-hydrogen) atoms. The predicted molar refractivity (Wildman–Crippen MR) is 150 cm³/mol. The van der Waals surface area contributed by atoms with Crippen molar-refractivity contribution in [3.05, 3.63) is 108 Å². The minimum atomic E-state index is 0.996. The molecule has 0 fully saturated rings. The smallest absolute Gasteiger partial charge is 0.0577 e. The standard InChI is InChI=1S/C34H25N/c1-2-19-35-29-18-10-9-17-27(29)33-32-24-14-6-5-13-23(24)30-22-12-4-3-11-21(22)20-28(30)31(32)25-15-7-8-16-26(25)34(33)35/h3-18H,2,19-20H2,1H3. The van der Waals surface area contributed by atoms with Gasteiger partial charge in [0.25, 0.3) is 0 Å². The van der Waals surface area contributed by atoms with Crippen molar-refractivity contribution in [1.29, 1.82) is 0 Å². The molecule has 1 aliphatic carbocycles. The second-order valence-corrected chi connectivity index (χ2v) is 9.92. The van der Waals surface area contributed by atoms with Crippen LogP contribution in [0, 0.1) is 0 Å². The Bertz CT molecular complexity index is 1990. The number of aromatic nitrogens is 1. The Morgan fingerprint density at radius 2 is 1.23 bits per heavy atom. The molecule has 1 heteroatoms. The van der Waals surface area contributed by atoms with Gasteiger partial charge < -0.3 is 4.57 Å². The maximum atomic E-state index is 2.57. The van der Waals surface area contributed by atoms with Crippen molar-refractivity contribution in [3.63, 3.8) is 0 Å². The van der Waals surface area contributed by atoms with Crippen molar-refractivity contribution < 1.29 is 0 Å². The first-order valence-corrected chi connectivity index (χ1v) is 12.7. The lowest BCUT2D eigenvalue weighted by Gasteiger charge is -2.17. The van der Waals surface area contributed by atoms with Crippen LogP contribution in [0.4, 0.5) is 0 Å². The van der Waals surface area contributed by atoms with E-state index >= 15 is 0 Å². The lowest BCUT2D eigenvalue weighted by atomic mass is 9.86. The monoisotopic (exact) mass is 447 g/mol. The molecule has 0 saturated heterocycles. The number of aryl methyl sites for hydroxylation is 1. The van der Waals surface area contributed by atoms with Crippen molar-refractivity contribution >= 4 is 54.1 Å². The summed E-state index contributed by atoms with van der Waals surface area (Å²) in [5, 5.41) is 11.1. The molecule has 0 spiro atoms. The van der Waals surface area contributed by atoms with Crippen LogP contribution in [-0.4, -0.2) is 4.57 Å². The summed E-state index contributed by atoms with van der Waals surface area (Å²) in [6.07, 6.45) is 2.11. The Balaban J connectivity index is 1.76. The average molecular weight is 448 g/mol. The Labute approximate surface area is 204 Å². The van der Waals surface area contributed by atoms with Gasteiger partial charge in [0.2, 0.25) is 0 Å². The summed E-state index contributed by atoms with van der Waals surface area (Å²) in [6.45, 7) is 3.30. The van der Waals surface area contributed by atoms with Crippen LogP contribution >= 0.6 is 0 Å². The number of hydrogen-bond donors (Lipinski definition) is 0. The number of hydrogen-bond acceptors (Lipinski definition) is 0. The third-order valence-corrected chi connectivity index (χ3v) is 8.09. The molecule has 0 radical (unpaired) electrons. The fraction of sp³-hybridized carbons (Fsp3) is 0.118. The molecule has 166 valence electrons. The number of nitrogens with zero attached hydrogens (tertiary/aromatic N) is 1. The van der Waals surface area contributed by atoms with Gasteiger partial charge in [-0.15, -0.1) is 0 Å². The normalized spacial score (nSPS) is 12.8. The van der Waals surface area contributed by atoms with Gasteiger partial charge in [0.05, 0.1) is 5.52 Å². The molecule has 8 rings (SSSR count). The number of rotatable bonds is 2. The van der Waals surface area contributed by atoms with Crippen LogP contribution in [0.2, 0.25) is 0 Å². The summed E-state index contributed by atoms with van der Waals surface area (Å²) in [4.78, 5) is 0. The van der Waals surface area contributed by atoms with Gasteiger partial charge in [-0.25, -0.2) is 0 Å². The molecule has 0 aliphatic heterocycles. The molecular formula is C34H25N. The maximum absolute atomic E-state index is 2.57. The van der Waals surface area contributed by atoms with E-state index in [9.17, 15) is 0 Å². The van der Waals surface area contributed by atoms with E-state index in [-0.39, 0.29) is 0 Å². The lowest BCUT2D eigenvalue weighted by Crippen LogP contribution is -1.97. The van der Waals surface area contributed by atoms with Crippen molar-refractivity contribution in [2.75, 3.05) is 0 Å². The van der Waals surface area contributed by atoms with Gasteiger partial charge in [-0.1, -0.05) is 97.9 Å². The number of benzene rings is 6. The number of fused-ring (bicyclic) bond motifs is 15. The summed E-state index contributed by atoms with van der Waals surface area (Å²) in [7, 11) is 0. The molecule has 1 aromatic heterocycles. The van der Waals surface area contributed by atoms with Crippen LogP contribution in [0.5, 0.6) is 0 Å². The van der Waals surface area contributed by atoms with Gasteiger partial charge in [0.1, 0.15) is 0 Å². The molecule has 6 aromatic carbocycles. The maximum Gasteiger partial charge on any atom is 0.0577 e. The van der Waals surface area contributed by atoms with Gasteiger partial charge in [0, 0.05) is 33.6 Å². The number of para-hydroxylation sites is 1. The highest BCUT2D eigenvalue weighted by Gasteiger charge is 2.27. The van der Waals surface area contributed by atoms with Crippen molar-refractivity contribution in [1.82, 2.24) is 4.57 Å². The highest BCUT2D eigenvalue weighted by Crippen LogP contribution is 2.51. The first-order chi connectivity index (χ1) is 17.4. The molecule has 0 bridgehead atoms. The molecule has 0 amide bonds. The van der Waals surface area contributed by atoms with Crippen LogP contribution in [0.3, 0.4) is 0 Å². The van der Waals surface area contributed by atoms with Crippen molar-refractivity contribution in [2.24, 2.45) is 0 Å². The molecule has 0 saturated carbocycles. The highest BCUT2D eigenvalue weighted by atomic mass is 15.0. The van der Waals surface area contributed by atoms with Gasteiger partial charge in [-0.3, -0.25) is 0 Å². The first-order valence-electron chi connectivity index (χ1n) is 12.7. The highest BCUT2D eigenvalue weighted by molar-refractivity contribution is 6.38. The molecule has 7 aromatic rings. The largest absolute Gasteiger partial charge is 0.340 e. The van der Waals surface area contributed by atoms with Gasteiger partial charge in [-0.2, -0.15) is 0 Å². The van der Waals surface area contributed by atoms with Crippen LogP contribution < -0.4 is 0 Å². The van der Waals surface area contributed by atoms with E-state index in [1.807, 2.05) is 0 Å². The van der Waals surface area contributed by atoms with E-state index in [1.165, 1.54) is 76.4 Å². The van der Waals surface area contributed by atoms with Gasteiger partial charge >= 0.3 is 0 Å². The molecular weight excluding hydrogens is 422 g/mol. The summed E-state index contributed by atoms with van der Waals surface area (Å²) < 4.78 is 2.57. The zero-order valence-electron chi connectivity index (χ0n) is 19.8. The van der Waals surface area contributed by atoms with Crippen LogP contribution in [0.25, 0.3) is 65.3 Å². The average Bonchev–Trinajstić information content (AvgIpc) is 3.46.